The monoisotopic (exact) mass is 309 g/mol. The zero-order valence-corrected chi connectivity index (χ0v) is 11.8. The number of aromatic nitrogens is 1. The minimum absolute atomic E-state index is 0.0326. The Labute approximate surface area is 125 Å². The van der Waals surface area contributed by atoms with Crippen LogP contribution >= 0.6 is 0 Å². The summed E-state index contributed by atoms with van der Waals surface area (Å²) in [5, 5.41) is 5.24. The van der Waals surface area contributed by atoms with E-state index in [4.69, 9.17) is 0 Å². The van der Waals surface area contributed by atoms with Crippen molar-refractivity contribution in [2.24, 2.45) is 0 Å². The second-order valence-electron chi connectivity index (χ2n) is 4.53. The summed E-state index contributed by atoms with van der Waals surface area (Å²) in [5.41, 5.74) is 0.274. The number of amides is 1. The summed E-state index contributed by atoms with van der Waals surface area (Å²) >= 11 is 0. The fourth-order valence-electron chi connectivity index (χ4n) is 1.74. The molecule has 0 aliphatic carbocycles. The number of anilines is 2. The Kier molecular flexibility index (Phi) is 4.98. The van der Waals surface area contributed by atoms with E-state index in [0.29, 0.717) is 5.69 Å². The number of nitrogens with zero attached hydrogens (tertiary/aromatic N) is 1. The Morgan fingerprint density at radius 3 is 2.68 bits per heavy atom. The number of nitrogens with one attached hydrogen (secondary N) is 2. The average molecular weight is 309 g/mol. The van der Waals surface area contributed by atoms with Gasteiger partial charge in [-0.1, -0.05) is 6.92 Å². The van der Waals surface area contributed by atoms with Crippen molar-refractivity contribution in [3.8, 4) is 0 Å². The molecule has 4 nitrogen and oxygen atoms in total. The third-order valence-corrected chi connectivity index (χ3v) is 2.86. The number of halogens is 3. The van der Waals surface area contributed by atoms with E-state index in [-0.39, 0.29) is 5.69 Å². The molecule has 22 heavy (non-hydrogen) atoms. The highest BCUT2D eigenvalue weighted by Gasteiger charge is 2.16. The first kappa shape index (κ1) is 15.8. The van der Waals surface area contributed by atoms with E-state index < -0.39 is 29.0 Å². The molecule has 7 heteroatoms. The van der Waals surface area contributed by atoms with Crippen LogP contribution in [0.3, 0.4) is 0 Å². The zero-order chi connectivity index (χ0) is 16.1. The molecule has 0 fully saturated rings. The fourth-order valence-corrected chi connectivity index (χ4v) is 1.74. The van der Waals surface area contributed by atoms with Crippen LogP contribution in [0.15, 0.2) is 30.5 Å². The van der Waals surface area contributed by atoms with E-state index in [1.54, 1.807) is 6.07 Å². The Morgan fingerprint density at radius 2 is 1.95 bits per heavy atom. The van der Waals surface area contributed by atoms with Gasteiger partial charge in [-0.05, 0) is 30.7 Å². The molecule has 0 radical (unpaired) electrons. The maximum Gasteiger partial charge on any atom is 0.274 e. The highest BCUT2D eigenvalue weighted by Crippen LogP contribution is 2.20. The molecular weight excluding hydrogens is 295 g/mol. The summed E-state index contributed by atoms with van der Waals surface area (Å²) in [6.07, 6.45) is 2.33. The van der Waals surface area contributed by atoms with Crippen molar-refractivity contribution in [1.29, 1.82) is 0 Å². The number of rotatable bonds is 5. The molecule has 1 heterocycles. The van der Waals surface area contributed by atoms with Crippen LogP contribution in [0.5, 0.6) is 0 Å². The largest absolute Gasteiger partial charge is 0.385 e. The van der Waals surface area contributed by atoms with Crippen LogP contribution in [-0.2, 0) is 0 Å². The van der Waals surface area contributed by atoms with Crippen molar-refractivity contribution in [2.45, 2.75) is 13.3 Å². The summed E-state index contributed by atoms with van der Waals surface area (Å²) in [6.45, 7) is 2.72. The van der Waals surface area contributed by atoms with Crippen LogP contribution in [0.25, 0.3) is 0 Å². The number of carbonyl (C=O) groups is 1. The zero-order valence-electron chi connectivity index (χ0n) is 11.8. The van der Waals surface area contributed by atoms with Crippen LogP contribution in [0, 0.1) is 17.5 Å². The number of hydrogen-bond acceptors (Lipinski definition) is 3. The molecule has 0 saturated carbocycles. The van der Waals surface area contributed by atoms with Crippen molar-refractivity contribution < 1.29 is 18.0 Å². The predicted molar refractivity (Wildman–Crippen MR) is 77.3 cm³/mol. The molecular formula is C15H14F3N3O. The van der Waals surface area contributed by atoms with Crippen LogP contribution in [-0.4, -0.2) is 17.4 Å². The standard InChI is InChI=1S/C15H14F3N3O/c1-2-6-19-9-5-7-20-12(8-9)15(22)21-11-4-3-10(16)13(17)14(11)18/h3-5,7-8H,2,6H2,1H3,(H,19,20)(H,21,22). The molecule has 1 aromatic carbocycles. The molecule has 0 atom stereocenters. The van der Waals surface area contributed by atoms with Crippen molar-refractivity contribution in [3.63, 3.8) is 0 Å². The summed E-state index contributed by atoms with van der Waals surface area (Å²) in [6, 6.07) is 4.86. The van der Waals surface area contributed by atoms with Crippen LogP contribution in [0.1, 0.15) is 23.8 Å². The van der Waals surface area contributed by atoms with Crippen molar-refractivity contribution in [1.82, 2.24) is 4.98 Å². The lowest BCUT2D eigenvalue weighted by Crippen LogP contribution is -2.15. The summed E-state index contributed by atoms with van der Waals surface area (Å²) in [4.78, 5) is 15.9. The number of pyridine rings is 1. The average Bonchev–Trinajstić information content (AvgIpc) is 2.53. The van der Waals surface area contributed by atoms with E-state index in [1.165, 1.54) is 12.3 Å². The molecule has 2 N–H and O–H groups in total. The third kappa shape index (κ3) is 3.55. The minimum Gasteiger partial charge on any atom is -0.385 e. The lowest BCUT2D eigenvalue weighted by molar-refractivity contribution is 0.102. The Bertz CT molecular complexity index is 692. The molecule has 116 valence electrons. The van der Waals surface area contributed by atoms with Gasteiger partial charge in [-0.25, -0.2) is 13.2 Å². The molecule has 0 unspecified atom stereocenters. The van der Waals surface area contributed by atoms with E-state index in [9.17, 15) is 18.0 Å². The Morgan fingerprint density at radius 1 is 1.18 bits per heavy atom. The van der Waals surface area contributed by atoms with Crippen LogP contribution in [0.2, 0.25) is 0 Å². The number of hydrogen-bond donors (Lipinski definition) is 2. The predicted octanol–water partition coefficient (Wildman–Crippen LogP) is 3.57. The van der Waals surface area contributed by atoms with Gasteiger partial charge >= 0.3 is 0 Å². The Balaban J connectivity index is 2.17. The highest BCUT2D eigenvalue weighted by atomic mass is 19.2. The van der Waals surface area contributed by atoms with Gasteiger partial charge in [0.1, 0.15) is 5.69 Å². The van der Waals surface area contributed by atoms with Gasteiger partial charge in [-0.3, -0.25) is 9.78 Å². The molecule has 2 rings (SSSR count). The smallest absolute Gasteiger partial charge is 0.274 e. The van der Waals surface area contributed by atoms with Crippen molar-refractivity contribution in [3.05, 3.63) is 53.6 Å². The maximum absolute atomic E-state index is 13.5. The van der Waals surface area contributed by atoms with Crippen molar-refractivity contribution >= 4 is 17.3 Å². The third-order valence-electron chi connectivity index (χ3n) is 2.86. The van der Waals surface area contributed by atoms with E-state index in [1.807, 2.05) is 6.92 Å². The van der Waals surface area contributed by atoms with Gasteiger partial charge in [-0.15, -0.1) is 0 Å². The fraction of sp³-hybridized carbons (Fsp3) is 0.200. The van der Waals surface area contributed by atoms with E-state index in [2.05, 4.69) is 15.6 Å². The van der Waals surface area contributed by atoms with Crippen molar-refractivity contribution in [2.75, 3.05) is 17.2 Å². The highest BCUT2D eigenvalue weighted by molar-refractivity contribution is 6.03. The molecule has 0 saturated heterocycles. The summed E-state index contributed by atoms with van der Waals surface area (Å²) in [7, 11) is 0. The van der Waals surface area contributed by atoms with Gasteiger partial charge in [0.25, 0.3) is 5.91 Å². The number of benzene rings is 1. The molecule has 2 aromatic rings. The second kappa shape index (κ2) is 6.93. The van der Waals surface area contributed by atoms with Gasteiger partial charge in [0.2, 0.25) is 0 Å². The number of carbonyl (C=O) groups excluding carboxylic acids is 1. The normalized spacial score (nSPS) is 10.4. The van der Waals surface area contributed by atoms with Crippen LogP contribution < -0.4 is 10.6 Å². The molecule has 0 aliphatic rings. The van der Waals surface area contributed by atoms with Gasteiger partial charge in [0.05, 0.1) is 5.69 Å². The summed E-state index contributed by atoms with van der Waals surface area (Å²) in [5.74, 6) is -5.12. The SMILES string of the molecule is CCCNc1ccnc(C(=O)Nc2ccc(F)c(F)c2F)c1. The first-order valence-corrected chi connectivity index (χ1v) is 6.67. The molecule has 0 bridgehead atoms. The summed E-state index contributed by atoms with van der Waals surface area (Å²) < 4.78 is 39.5. The Hall–Kier alpha value is -2.57. The lowest BCUT2D eigenvalue weighted by atomic mass is 10.2. The van der Waals surface area contributed by atoms with E-state index >= 15 is 0 Å². The first-order valence-electron chi connectivity index (χ1n) is 6.67. The van der Waals surface area contributed by atoms with Crippen LogP contribution in [0.4, 0.5) is 24.5 Å². The first-order chi connectivity index (χ1) is 10.5. The minimum atomic E-state index is -1.64. The van der Waals surface area contributed by atoms with Gasteiger partial charge < -0.3 is 10.6 Å². The van der Waals surface area contributed by atoms with Gasteiger partial charge in [0.15, 0.2) is 17.5 Å². The topological polar surface area (TPSA) is 54.0 Å². The quantitative estimate of drug-likeness (QED) is 0.830. The lowest BCUT2D eigenvalue weighted by Gasteiger charge is -2.09. The van der Waals surface area contributed by atoms with E-state index in [0.717, 1.165) is 25.1 Å². The maximum atomic E-state index is 13.5. The molecule has 1 amide bonds. The second-order valence-corrected chi connectivity index (χ2v) is 4.53. The molecule has 0 spiro atoms. The van der Waals surface area contributed by atoms with Gasteiger partial charge in [-0.2, -0.15) is 0 Å². The molecule has 0 aliphatic heterocycles. The molecule has 1 aromatic heterocycles. The van der Waals surface area contributed by atoms with Gasteiger partial charge in [0, 0.05) is 18.4 Å².